The number of nitrogens with zero attached hydrogens (tertiary/aromatic N) is 1. The molecular formula is C19H28N2O4. The molecule has 0 bridgehead atoms. The number of aryl methyl sites for hydroxylation is 1. The Labute approximate surface area is 150 Å². The van der Waals surface area contributed by atoms with Crippen molar-refractivity contribution >= 4 is 17.8 Å². The second-order valence-electron chi connectivity index (χ2n) is 6.45. The summed E-state index contributed by atoms with van der Waals surface area (Å²) in [4.78, 5) is 36.5. The van der Waals surface area contributed by atoms with Gasteiger partial charge in [0.1, 0.15) is 0 Å². The van der Waals surface area contributed by atoms with Crippen molar-refractivity contribution in [3.05, 3.63) is 35.9 Å². The molecule has 0 aliphatic rings. The van der Waals surface area contributed by atoms with Crippen LogP contribution in [0.4, 0.5) is 0 Å². The normalized spacial score (nSPS) is 12.4. The van der Waals surface area contributed by atoms with Gasteiger partial charge in [-0.1, -0.05) is 51.1 Å². The van der Waals surface area contributed by atoms with E-state index in [4.69, 9.17) is 1.41 Å². The summed E-state index contributed by atoms with van der Waals surface area (Å²) in [6.45, 7) is 5.47. The van der Waals surface area contributed by atoms with Gasteiger partial charge in [0.05, 0.1) is 0 Å². The third-order valence-electron chi connectivity index (χ3n) is 3.68. The van der Waals surface area contributed by atoms with Crippen molar-refractivity contribution in [3.8, 4) is 0 Å². The molecule has 0 radical (unpaired) electrons. The molecule has 0 saturated heterocycles. The van der Waals surface area contributed by atoms with E-state index >= 15 is 0 Å². The van der Waals surface area contributed by atoms with Crippen LogP contribution < -0.4 is 5.42 Å². The van der Waals surface area contributed by atoms with Crippen LogP contribution in [-0.2, 0) is 20.8 Å². The molecule has 6 heteroatoms. The highest BCUT2D eigenvalue weighted by atomic mass is 16.4. The summed E-state index contributed by atoms with van der Waals surface area (Å²) in [5.74, 6) is -2.34. The van der Waals surface area contributed by atoms with Crippen molar-refractivity contribution in [2.75, 3.05) is 0 Å². The molecule has 0 aromatic heterocycles. The number of hydrazine groups is 1. The summed E-state index contributed by atoms with van der Waals surface area (Å²) in [6.07, 6.45) is 1.22. The molecule has 1 atom stereocenters. The molecule has 0 unspecified atom stereocenters. The predicted octanol–water partition coefficient (Wildman–Crippen LogP) is 2.78. The Hall–Kier alpha value is -2.37. The minimum atomic E-state index is -1.23. The van der Waals surface area contributed by atoms with E-state index in [1.165, 1.54) is 0 Å². The lowest BCUT2D eigenvalue weighted by Gasteiger charge is -2.30. The van der Waals surface area contributed by atoms with Crippen LogP contribution >= 0.6 is 0 Å². The molecule has 6 nitrogen and oxygen atoms in total. The summed E-state index contributed by atoms with van der Waals surface area (Å²) in [5.41, 5.74) is 1.39. The van der Waals surface area contributed by atoms with Gasteiger partial charge in [0.2, 0.25) is 11.8 Å². The third kappa shape index (κ3) is 7.37. The van der Waals surface area contributed by atoms with Gasteiger partial charge in [0, 0.05) is 12.8 Å². The highest BCUT2D eigenvalue weighted by Crippen LogP contribution is 2.13. The number of carboxylic acids is 1. The largest absolute Gasteiger partial charge is 0.480 e. The van der Waals surface area contributed by atoms with Crippen LogP contribution in [0.15, 0.2) is 30.3 Å². The summed E-state index contributed by atoms with van der Waals surface area (Å²) in [7, 11) is 0. The Morgan fingerprint density at radius 1 is 1.20 bits per heavy atom. The fourth-order valence-electron chi connectivity index (χ4n) is 2.45. The van der Waals surface area contributed by atoms with Gasteiger partial charge >= 0.3 is 5.97 Å². The van der Waals surface area contributed by atoms with Crippen LogP contribution in [0.5, 0.6) is 0 Å². The Bertz CT molecular complexity index is 607. The van der Waals surface area contributed by atoms with Gasteiger partial charge in [0.15, 0.2) is 7.45 Å². The van der Waals surface area contributed by atoms with Gasteiger partial charge in [-0.3, -0.25) is 15.0 Å². The lowest BCUT2D eigenvalue weighted by molar-refractivity contribution is -0.156. The van der Waals surface area contributed by atoms with Crippen LogP contribution in [0.25, 0.3) is 0 Å². The number of hydrogen-bond donors (Lipinski definition) is 2. The number of nitrogens with one attached hydrogen (secondary N) is 1. The SMILES string of the molecule is [2H]N(C(=O)CCc1ccccc1)N(C(=O)CCC)[C@@H](CC(C)C)C(=O)O. The first-order valence-electron chi connectivity index (χ1n) is 9.13. The van der Waals surface area contributed by atoms with Crippen molar-refractivity contribution in [1.82, 2.24) is 10.4 Å². The molecule has 2 N–H and O–H groups in total. The number of amides is 2. The quantitative estimate of drug-likeness (QED) is 0.671. The molecule has 0 fully saturated rings. The molecule has 1 aromatic rings. The molecule has 2 amide bonds. The topological polar surface area (TPSA) is 86.7 Å². The van der Waals surface area contributed by atoms with Crippen molar-refractivity contribution < 1.29 is 20.9 Å². The van der Waals surface area contributed by atoms with E-state index in [1.54, 1.807) is 6.92 Å². The fourth-order valence-corrected chi connectivity index (χ4v) is 2.45. The number of hydrogen-bond acceptors (Lipinski definition) is 3. The Morgan fingerprint density at radius 3 is 2.36 bits per heavy atom. The van der Waals surface area contributed by atoms with E-state index in [0.717, 1.165) is 10.6 Å². The molecule has 25 heavy (non-hydrogen) atoms. The first-order valence-corrected chi connectivity index (χ1v) is 8.68. The first-order chi connectivity index (χ1) is 12.3. The van der Waals surface area contributed by atoms with E-state index in [1.807, 2.05) is 44.2 Å². The van der Waals surface area contributed by atoms with Crippen molar-refractivity contribution in [3.63, 3.8) is 0 Å². The molecular weight excluding hydrogens is 320 g/mol. The average Bonchev–Trinajstić information content (AvgIpc) is 2.59. The standard InChI is InChI=1S/C19H28N2O4/c1-4-8-18(23)21(16(19(24)25)13-14(2)3)20-17(22)12-11-15-9-6-5-7-10-15/h5-7,9-10,14,16H,4,8,11-13H2,1-3H3,(H,20,22)(H,24,25)/t16-/m0/s1/i/hD. The fraction of sp³-hybridized carbons (Fsp3) is 0.526. The zero-order chi connectivity index (χ0) is 19.7. The van der Waals surface area contributed by atoms with Crippen LogP contribution in [-0.4, -0.2) is 33.9 Å². The lowest BCUT2D eigenvalue weighted by atomic mass is 10.0. The van der Waals surface area contributed by atoms with Crippen LogP contribution in [0.2, 0.25) is 1.41 Å². The van der Waals surface area contributed by atoms with E-state index in [-0.39, 0.29) is 25.2 Å². The number of carboxylic acid groups (broad SMARTS) is 1. The maximum Gasteiger partial charge on any atom is 0.328 e. The molecule has 0 spiro atoms. The van der Waals surface area contributed by atoms with E-state index in [9.17, 15) is 19.5 Å². The Kier molecular flexibility index (Phi) is 7.95. The Morgan fingerprint density at radius 2 is 1.84 bits per heavy atom. The van der Waals surface area contributed by atoms with Gasteiger partial charge in [-0.05, 0) is 30.7 Å². The van der Waals surface area contributed by atoms with Crippen LogP contribution in [0.3, 0.4) is 0 Å². The van der Waals surface area contributed by atoms with Gasteiger partial charge in [-0.25, -0.2) is 9.80 Å². The van der Waals surface area contributed by atoms with Gasteiger partial charge < -0.3 is 5.11 Å². The number of carbonyl (C=O) groups excluding carboxylic acids is 2. The molecule has 0 aliphatic heterocycles. The summed E-state index contributed by atoms with van der Waals surface area (Å²) in [5, 5.41) is 10.3. The molecule has 1 aromatic carbocycles. The second kappa shape index (κ2) is 10.5. The highest BCUT2D eigenvalue weighted by Gasteiger charge is 2.31. The average molecular weight is 349 g/mol. The number of rotatable bonds is 9. The zero-order valence-electron chi connectivity index (χ0n) is 16.1. The number of carbonyl (C=O) groups is 3. The minimum absolute atomic E-state index is 0.000785. The van der Waals surface area contributed by atoms with Crippen molar-refractivity contribution in [2.24, 2.45) is 5.92 Å². The molecule has 138 valence electrons. The van der Waals surface area contributed by atoms with Gasteiger partial charge in [-0.2, -0.15) is 0 Å². The number of benzene rings is 1. The maximum absolute atomic E-state index is 12.4. The molecule has 0 saturated carbocycles. The maximum atomic E-state index is 12.4. The second-order valence-corrected chi connectivity index (χ2v) is 6.45. The zero-order valence-corrected chi connectivity index (χ0v) is 15.1. The lowest BCUT2D eigenvalue weighted by Crippen LogP contribution is -2.55. The van der Waals surface area contributed by atoms with E-state index < -0.39 is 23.8 Å². The third-order valence-corrected chi connectivity index (χ3v) is 3.68. The monoisotopic (exact) mass is 349 g/mol. The highest BCUT2D eigenvalue weighted by molar-refractivity contribution is 5.86. The van der Waals surface area contributed by atoms with Gasteiger partial charge in [-0.15, -0.1) is 0 Å². The summed E-state index contributed by atoms with van der Waals surface area (Å²) in [6, 6.07) is 8.11. The van der Waals surface area contributed by atoms with Crippen LogP contribution in [0.1, 0.15) is 52.0 Å². The van der Waals surface area contributed by atoms with Crippen LogP contribution in [0, 0.1) is 5.92 Å². The van der Waals surface area contributed by atoms with Crippen molar-refractivity contribution in [2.45, 2.75) is 58.9 Å². The molecule has 0 aliphatic carbocycles. The number of aliphatic carboxylic acids is 1. The van der Waals surface area contributed by atoms with E-state index in [2.05, 4.69) is 0 Å². The predicted molar refractivity (Wildman–Crippen MR) is 95.5 cm³/mol. The van der Waals surface area contributed by atoms with E-state index in [0.29, 0.717) is 18.3 Å². The van der Waals surface area contributed by atoms with Gasteiger partial charge in [0.25, 0.3) is 0 Å². The smallest absolute Gasteiger partial charge is 0.328 e. The molecule has 1 rings (SSSR count). The minimum Gasteiger partial charge on any atom is -0.480 e. The first kappa shape index (κ1) is 19.0. The summed E-state index contributed by atoms with van der Waals surface area (Å²) >= 11 is 0. The Balaban J connectivity index is 2.94. The van der Waals surface area contributed by atoms with Crippen molar-refractivity contribution in [1.29, 1.82) is 0 Å². The summed E-state index contributed by atoms with van der Waals surface area (Å²) < 4.78 is 8.10. The molecule has 0 heterocycles.